The van der Waals surface area contributed by atoms with E-state index in [1.165, 1.54) is 0 Å². The summed E-state index contributed by atoms with van der Waals surface area (Å²) in [6.45, 7) is 0.336. The zero-order chi connectivity index (χ0) is 13.0. The van der Waals surface area contributed by atoms with Crippen LogP contribution in [0.5, 0.6) is 0 Å². The van der Waals surface area contributed by atoms with Crippen LogP contribution >= 0.6 is 22.6 Å². The molecule has 2 rings (SSSR count). The summed E-state index contributed by atoms with van der Waals surface area (Å²) in [5.74, 6) is 0.625. The lowest BCUT2D eigenvalue weighted by Crippen LogP contribution is -2.18. The fourth-order valence-corrected chi connectivity index (χ4v) is 1.98. The lowest BCUT2D eigenvalue weighted by Gasteiger charge is -2.06. The van der Waals surface area contributed by atoms with Gasteiger partial charge in [-0.05, 0) is 34.2 Å². The molecule has 0 saturated heterocycles. The minimum atomic E-state index is -0.128. The third-order valence-electron chi connectivity index (χ3n) is 2.36. The van der Waals surface area contributed by atoms with Crippen LogP contribution in [-0.4, -0.2) is 22.1 Å². The fraction of sp³-hybridized carbons (Fsp3) is 0.250. The average molecular weight is 357 g/mol. The predicted molar refractivity (Wildman–Crippen MR) is 75.3 cm³/mol. The summed E-state index contributed by atoms with van der Waals surface area (Å²) in [4.78, 5) is 23.0. The van der Waals surface area contributed by atoms with E-state index in [0.29, 0.717) is 28.1 Å². The van der Waals surface area contributed by atoms with Crippen molar-refractivity contribution in [2.75, 3.05) is 7.11 Å². The van der Waals surface area contributed by atoms with Gasteiger partial charge in [-0.2, -0.15) is 0 Å². The first-order valence-corrected chi connectivity index (χ1v) is 6.44. The average Bonchev–Trinajstić information content (AvgIpc) is 2.37. The summed E-state index contributed by atoms with van der Waals surface area (Å²) in [7, 11) is 1.58. The quantitative estimate of drug-likeness (QED) is 0.843. The lowest BCUT2D eigenvalue weighted by atomic mass is 10.2. The van der Waals surface area contributed by atoms with Gasteiger partial charge in [0.15, 0.2) is 0 Å². The van der Waals surface area contributed by atoms with Gasteiger partial charge in [0, 0.05) is 25.9 Å². The minimum absolute atomic E-state index is 0.128. The van der Waals surface area contributed by atoms with Gasteiger partial charge in [0.1, 0.15) is 9.39 Å². The van der Waals surface area contributed by atoms with Gasteiger partial charge in [-0.3, -0.25) is 9.78 Å². The molecule has 0 amide bonds. The fourth-order valence-electron chi connectivity index (χ4n) is 1.57. The molecule has 0 aliphatic carbocycles. The highest BCUT2D eigenvalue weighted by Crippen LogP contribution is 2.08. The molecule has 0 unspecified atom stereocenters. The Morgan fingerprint density at radius 2 is 2.33 bits per heavy atom. The summed E-state index contributed by atoms with van der Waals surface area (Å²) < 4.78 is 5.61. The molecule has 5 nitrogen and oxygen atoms in total. The molecule has 0 radical (unpaired) electrons. The predicted octanol–water partition coefficient (Wildman–Crippen LogP) is 1.51. The minimum Gasteiger partial charge on any atom is -0.378 e. The van der Waals surface area contributed by atoms with Gasteiger partial charge in [0.2, 0.25) is 0 Å². The van der Waals surface area contributed by atoms with Crippen LogP contribution in [0, 0.1) is 3.57 Å². The van der Waals surface area contributed by atoms with Crippen LogP contribution in [0.15, 0.2) is 29.3 Å². The zero-order valence-corrected chi connectivity index (χ0v) is 12.0. The van der Waals surface area contributed by atoms with Crippen LogP contribution in [0.2, 0.25) is 0 Å². The molecule has 1 N–H and O–H groups in total. The number of hydrogen-bond acceptors (Lipinski definition) is 4. The first kappa shape index (κ1) is 13.2. The zero-order valence-electron chi connectivity index (χ0n) is 9.81. The van der Waals surface area contributed by atoms with Crippen molar-refractivity contribution >= 4 is 22.6 Å². The second kappa shape index (κ2) is 6.05. The normalized spacial score (nSPS) is 10.6. The smallest absolute Gasteiger partial charge is 0.264 e. The topological polar surface area (TPSA) is 67.9 Å². The maximum atomic E-state index is 11.8. The molecule has 0 aliphatic heterocycles. The van der Waals surface area contributed by atoms with Crippen molar-refractivity contribution in [3.8, 4) is 0 Å². The molecule has 94 valence electrons. The number of ether oxygens (including phenoxy) is 1. The van der Waals surface area contributed by atoms with E-state index in [4.69, 9.17) is 4.74 Å². The van der Waals surface area contributed by atoms with Crippen molar-refractivity contribution in [1.29, 1.82) is 0 Å². The van der Waals surface area contributed by atoms with E-state index in [1.807, 2.05) is 34.7 Å². The van der Waals surface area contributed by atoms with Gasteiger partial charge in [-0.1, -0.05) is 6.07 Å². The molecular formula is C12H12IN3O2. The highest BCUT2D eigenvalue weighted by Gasteiger charge is 2.09. The van der Waals surface area contributed by atoms with Crippen molar-refractivity contribution in [3.05, 3.63) is 55.5 Å². The molecule has 0 aromatic carbocycles. The first-order chi connectivity index (χ1) is 8.70. The Morgan fingerprint density at radius 1 is 1.50 bits per heavy atom. The summed E-state index contributed by atoms with van der Waals surface area (Å²) in [6.07, 6.45) is 4.02. The standard InChI is InChI=1S/C12H12IN3O2/c1-18-7-9-11(13)12(17)16-10(15-9)5-8-3-2-4-14-6-8/h2-4,6H,5,7H2,1H3,(H,15,16,17). The molecule has 0 spiro atoms. The molecule has 2 aromatic rings. The van der Waals surface area contributed by atoms with Gasteiger partial charge < -0.3 is 9.72 Å². The summed E-state index contributed by atoms with van der Waals surface area (Å²) in [5, 5.41) is 0. The van der Waals surface area contributed by atoms with Crippen molar-refractivity contribution in [1.82, 2.24) is 15.0 Å². The Kier molecular flexibility index (Phi) is 4.43. The molecule has 18 heavy (non-hydrogen) atoms. The summed E-state index contributed by atoms with van der Waals surface area (Å²) >= 11 is 1.98. The number of H-pyrrole nitrogens is 1. The van der Waals surface area contributed by atoms with Crippen LogP contribution in [0.1, 0.15) is 17.1 Å². The van der Waals surface area contributed by atoms with Gasteiger partial charge >= 0.3 is 0 Å². The SMILES string of the molecule is COCc1nc(Cc2cccnc2)[nH]c(=O)c1I. The maximum Gasteiger partial charge on any atom is 0.264 e. The number of nitrogens with one attached hydrogen (secondary N) is 1. The van der Waals surface area contributed by atoms with E-state index >= 15 is 0 Å². The van der Waals surface area contributed by atoms with Crippen LogP contribution in [0.4, 0.5) is 0 Å². The molecular weight excluding hydrogens is 345 g/mol. The van der Waals surface area contributed by atoms with E-state index in [0.717, 1.165) is 5.56 Å². The van der Waals surface area contributed by atoms with E-state index < -0.39 is 0 Å². The van der Waals surface area contributed by atoms with Gasteiger partial charge in [-0.25, -0.2) is 4.98 Å². The number of methoxy groups -OCH3 is 1. The van der Waals surface area contributed by atoms with Gasteiger partial charge in [-0.15, -0.1) is 0 Å². The third kappa shape index (κ3) is 3.14. The first-order valence-electron chi connectivity index (χ1n) is 5.36. The molecule has 0 fully saturated rings. The monoisotopic (exact) mass is 357 g/mol. The number of aromatic amines is 1. The van der Waals surface area contributed by atoms with Gasteiger partial charge in [0.25, 0.3) is 5.56 Å². The van der Waals surface area contributed by atoms with Crippen LogP contribution < -0.4 is 5.56 Å². The van der Waals surface area contributed by atoms with Crippen LogP contribution in [-0.2, 0) is 17.8 Å². The number of pyridine rings is 1. The van der Waals surface area contributed by atoms with Crippen molar-refractivity contribution in [3.63, 3.8) is 0 Å². The Labute approximate surface area is 118 Å². The molecule has 2 heterocycles. The number of halogens is 1. The van der Waals surface area contributed by atoms with Crippen molar-refractivity contribution in [2.24, 2.45) is 0 Å². The Hall–Kier alpha value is -1.28. The second-order valence-corrected chi connectivity index (χ2v) is 4.82. The van der Waals surface area contributed by atoms with E-state index in [2.05, 4.69) is 15.0 Å². The van der Waals surface area contributed by atoms with E-state index in [-0.39, 0.29) is 5.56 Å². The third-order valence-corrected chi connectivity index (χ3v) is 3.47. The highest BCUT2D eigenvalue weighted by atomic mass is 127. The number of rotatable bonds is 4. The Morgan fingerprint density at radius 3 is 3.00 bits per heavy atom. The Balaban J connectivity index is 2.32. The van der Waals surface area contributed by atoms with Crippen molar-refractivity contribution < 1.29 is 4.74 Å². The van der Waals surface area contributed by atoms with E-state index in [1.54, 1.807) is 19.5 Å². The summed E-state index contributed by atoms with van der Waals surface area (Å²) in [6, 6.07) is 3.80. The van der Waals surface area contributed by atoms with Crippen LogP contribution in [0.3, 0.4) is 0 Å². The molecule has 6 heteroatoms. The number of aromatic nitrogens is 3. The highest BCUT2D eigenvalue weighted by molar-refractivity contribution is 14.1. The molecule has 0 saturated carbocycles. The maximum absolute atomic E-state index is 11.8. The van der Waals surface area contributed by atoms with Crippen LogP contribution in [0.25, 0.3) is 0 Å². The molecule has 0 bridgehead atoms. The lowest BCUT2D eigenvalue weighted by molar-refractivity contribution is 0.180. The summed E-state index contributed by atoms with van der Waals surface area (Å²) in [5.41, 5.74) is 1.54. The van der Waals surface area contributed by atoms with Crippen molar-refractivity contribution in [2.45, 2.75) is 13.0 Å². The van der Waals surface area contributed by atoms with E-state index in [9.17, 15) is 4.79 Å². The second-order valence-electron chi connectivity index (χ2n) is 3.74. The number of hydrogen-bond donors (Lipinski definition) is 1. The molecule has 0 atom stereocenters. The molecule has 2 aromatic heterocycles. The van der Waals surface area contributed by atoms with Gasteiger partial charge in [0.05, 0.1) is 12.3 Å². The largest absolute Gasteiger partial charge is 0.378 e. The Bertz CT molecular complexity index is 584. The number of nitrogens with zero attached hydrogens (tertiary/aromatic N) is 2. The molecule has 0 aliphatic rings.